The van der Waals surface area contributed by atoms with E-state index >= 15 is 0 Å². The predicted molar refractivity (Wildman–Crippen MR) is 64.5 cm³/mol. The van der Waals surface area contributed by atoms with Crippen LogP contribution in [0, 0.1) is 0 Å². The summed E-state index contributed by atoms with van der Waals surface area (Å²) in [6, 6.07) is 0. The van der Waals surface area contributed by atoms with E-state index in [1.807, 2.05) is 0 Å². The minimum Gasteiger partial charge on any atom is -0.481 e. The van der Waals surface area contributed by atoms with E-state index in [2.05, 4.69) is 25.3 Å². The fraction of sp³-hybridized carbons (Fsp3) is 0.857. The minimum atomic E-state index is -0.881. The quantitative estimate of drug-likeness (QED) is 0.405. The van der Waals surface area contributed by atoms with E-state index < -0.39 is 5.97 Å². The van der Waals surface area contributed by atoms with Crippen LogP contribution >= 0.6 is 25.3 Å². The molecule has 0 radical (unpaired) electrons. The Morgan fingerprint density at radius 2 is 1.17 bits per heavy atom. The van der Waals surface area contributed by atoms with Gasteiger partial charge in [0.15, 0.2) is 0 Å². The normalized spacial score (nSPS) is 4.58. The van der Waals surface area contributed by atoms with Gasteiger partial charge in [-0.2, -0.15) is 25.3 Å². The lowest BCUT2D eigenvalue weighted by Gasteiger charge is -1.71. The summed E-state index contributed by atoms with van der Waals surface area (Å²) >= 11 is 6.76. The Balaban J connectivity index is -0.0000000119. The van der Waals surface area contributed by atoms with Gasteiger partial charge in [0.1, 0.15) is 0 Å². The van der Waals surface area contributed by atoms with E-state index in [0.717, 1.165) is 0 Å². The van der Waals surface area contributed by atoms with Crippen molar-refractivity contribution >= 4 is 31.2 Å². The van der Waals surface area contributed by atoms with Crippen LogP contribution in [0.3, 0.4) is 0 Å². The molecule has 12 heavy (non-hydrogen) atoms. The maximum atomic E-state index is 9.29. The third-order valence-electron chi connectivity index (χ3n) is 0.135. The largest absolute Gasteiger partial charge is 0.481 e. The molecule has 2 N–H and O–H groups in total. The molecule has 0 atom stereocenters. The van der Waals surface area contributed by atoms with Crippen molar-refractivity contribution in [1.82, 2.24) is 0 Å². The number of carboxylic acids is 1. The van der Waals surface area contributed by atoms with E-state index in [9.17, 15) is 4.79 Å². The van der Waals surface area contributed by atoms with Crippen LogP contribution in [0.15, 0.2) is 0 Å². The van der Waals surface area contributed by atoms with Gasteiger partial charge in [0, 0.05) is 0 Å². The second-order valence-electron chi connectivity index (χ2n) is 0.693. The first-order valence-electron chi connectivity index (χ1n) is 1.73. The van der Waals surface area contributed by atoms with Crippen molar-refractivity contribution in [2.75, 3.05) is 11.7 Å². The van der Waals surface area contributed by atoms with Crippen LogP contribution in [0.4, 0.5) is 0 Å². The molecule has 0 aromatic heterocycles. The molecule has 0 aromatic rings. The molecule has 0 aliphatic heterocycles. The molecule has 0 heterocycles. The number of hydrogen-bond acceptors (Lipinski definition) is 4. The van der Waals surface area contributed by atoms with Crippen LogP contribution in [-0.4, -0.2) is 27.9 Å². The van der Waals surface area contributed by atoms with Crippen LogP contribution in [-0.2, 0) is 4.79 Å². The van der Waals surface area contributed by atoms with E-state index in [0.29, 0.717) is 0 Å². The summed E-state index contributed by atoms with van der Waals surface area (Å²) in [4.78, 5) is 9.29. The summed E-state index contributed by atoms with van der Waals surface area (Å²) in [5, 5.41) is 15.1. The van der Waals surface area contributed by atoms with Crippen LogP contribution in [0.5, 0.6) is 0 Å². The smallest absolute Gasteiger partial charge is 0.313 e. The first-order chi connectivity index (χ1) is 3.68. The molecular weight excluding hydrogens is 196 g/mol. The first kappa shape index (κ1) is 40.0. The van der Waals surface area contributed by atoms with Gasteiger partial charge in [-0.05, 0) is 0 Å². The Bertz CT molecular complexity index is 60.6. The van der Waals surface area contributed by atoms with Crippen molar-refractivity contribution in [3.8, 4) is 0 Å². The Morgan fingerprint density at radius 1 is 1.08 bits per heavy atom. The SMILES string of the molecule is C.C.C.C.O=C(O)CS.OCS. The van der Waals surface area contributed by atoms with Crippen molar-refractivity contribution in [2.24, 2.45) is 0 Å². The second kappa shape index (κ2) is 43.4. The molecule has 0 aliphatic rings. The van der Waals surface area contributed by atoms with Gasteiger partial charge in [0.05, 0.1) is 11.7 Å². The molecule has 0 rings (SSSR count). The van der Waals surface area contributed by atoms with Gasteiger partial charge >= 0.3 is 5.97 Å². The highest BCUT2D eigenvalue weighted by Gasteiger charge is 1.81. The Kier molecular flexibility index (Phi) is 145. The number of aliphatic hydroxyl groups is 1. The number of thiol groups is 2. The molecule has 3 nitrogen and oxygen atoms in total. The molecule has 0 bridgehead atoms. The topological polar surface area (TPSA) is 57.5 Å². The Hall–Kier alpha value is 0.130. The summed E-state index contributed by atoms with van der Waals surface area (Å²) in [5.74, 6) is -1.02. The maximum absolute atomic E-state index is 9.29. The van der Waals surface area contributed by atoms with Crippen LogP contribution in [0.2, 0.25) is 0 Å². The van der Waals surface area contributed by atoms with Gasteiger partial charge in [0.25, 0.3) is 0 Å². The van der Waals surface area contributed by atoms with Crippen LogP contribution < -0.4 is 0 Å². The molecule has 82 valence electrons. The van der Waals surface area contributed by atoms with Gasteiger partial charge in [-0.25, -0.2) is 0 Å². The highest BCUT2D eigenvalue weighted by atomic mass is 32.1. The monoisotopic (exact) mass is 220 g/mol. The minimum absolute atomic E-state index is 0. The van der Waals surface area contributed by atoms with Crippen molar-refractivity contribution < 1.29 is 15.0 Å². The zero-order chi connectivity index (χ0) is 6.99. The van der Waals surface area contributed by atoms with Crippen molar-refractivity contribution in [3.63, 3.8) is 0 Å². The lowest BCUT2D eigenvalue weighted by molar-refractivity contribution is -0.133. The molecule has 0 saturated heterocycles. The van der Waals surface area contributed by atoms with Crippen molar-refractivity contribution in [1.29, 1.82) is 0 Å². The third kappa shape index (κ3) is 186. The summed E-state index contributed by atoms with van der Waals surface area (Å²) in [7, 11) is 0. The van der Waals surface area contributed by atoms with Gasteiger partial charge in [-0.3, -0.25) is 4.79 Å². The fourth-order valence-corrected chi connectivity index (χ4v) is 0. The lowest BCUT2D eigenvalue weighted by Crippen LogP contribution is -1.92. The average molecular weight is 220 g/mol. The van der Waals surface area contributed by atoms with Gasteiger partial charge in [-0.15, -0.1) is 0 Å². The third-order valence-corrected chi connectivity index (χ3v) is 0.406. The second-order valence-corrected chi connectivity index (χ2v) is 1.29. The molecular formula is C7H24O3S2. The van der Waals surface area contributed by atoms with Crippen molar-refractivity contribution in [2.45, 2.75) is 29.7 Å². The highest BCUT2D eigenvalue weighted by Crippen LogP contribution is 1.66. The van der Waals surface area contributed by atoms with E-state index in [1.54, 1.807) is 0 Å². The average Bonchev–Trinajstić information content (AvgIpc) is 1.69. The predicted octanol–water partition coefficient (Wildman–Crippen LogP) is 2.41. The Labute approximate surface area is 88.0 Å². The van der Waals surface area contributed by atoms with Gasteiger partial charge in [0.2, 0.25) is 0 Å². The van der Waals surface area contributed by atoms with Gasteiger partial charge < -0.3 is 10.2 Å². The number of aliphatic carboxylic acids is 1. The van der Waals surface area contributed by atoms with Crippen LogP contribution in [0.1, 0.15) is 29.7 Å². The Morgan fingerprint density at radius 3 is 1.17 bits per heavy atom. The van der Waals surface area contributed by atoms with E-state index in [-0.39, 0.29) is 41.4 Å². The molecule has 0 amide bonds. The zero-order valence-electron chi connectivity index (χ0n) is 4.11. The maximum Gasteiger partial charge on any atom is 0.313 e. The summed E-state index contributed by atoms with van der Waals surface area (Å²) in [6.45, 7) is 0. The van der Waals surface area contributed by atoms with Gasteiger partial charge in [-0.1, -0.05) is 29.7 Å². The fourth-order valence-electron chi connectivity index (χ4n) is 0. The van der Waals surface area contributed by atoms with E-state index in [1.165, 1.54) is 0 Å². The van der Waals surface area contributed by atoms with E-state index in [4.69, 9.17) is 10.2 Å². The molecule has 0 saturated carbocycles. The van der Waals surface area contributed by atoms with Crippen LogP contribution in [0.25, 0.3) is 0 Å². The molecule has 0 unspecified atom stereocenters. The lowest BCUT2D eigenvalue weighted by atomic mass is 10.8. The number of aliphatic hydroxyl groups excluding tert-OH is 1. The number of carboxylic acid groups (broad SMARTS) is 1. The zero-order valence-corrected chi connectivity index (χ0v) is 5.90. The first-order valence-corrected chi connectivity index (χ1v) is 2.99. The van der Waals surface area contributed by atoms with Crippen molar-refractivity contribution in [3.05, 3.63) is 0 Å². The molecule has 0 aliphatic carbocycles. The number of rotatable bonds is 1. The highest BCUT2D eigenvalue weighted by molar-refractivity contribution is 7.81. The molecule has 0 aromatic carbocycles. The standard InChI is InChI=1S/C2H4O2S.CH4OS.4CH4/c3-2(4)1-5;2-1-3;;;;/h5H,1H2,(H,3,4);2-3H,1H2;4*1H4. The number of hydrogen-bond donors (Lipinski definition) is 4. The molecule has 0 fully saturated rings. The molecule has 0 spiro atoms. The summed E-state index contributed by atoms with van der Waals surface area (Å²) in [5.41, 5.74) is 0. The number of carbonyl (C=O) groups is 1. The summed E-state index contributed by atoms with van der Waals surface area (Å²) in [6.07, 6.45) is 0. The molecule has 5 heteroatoms. The summed E-state index contributed by atoms with van der Waals surface area (Å²) < 4.78 is 0.